The van der Waals surface area contributed by atoms with Gasteiger partial charge < -0.3 is 14.5 Å². The molecular weight excluding hydrogens is 272 g/mol. The second-order valence-corrected chi connectivity index (χ2v) is 6.29. The Morgan fingerprint density at radius 3 is 2.95 bits per heavy atom. The van der Waals surface area contributed by atoms with E-state index in [1.165, 1.54) is 5.70 Å². The zero-order chi connectivity index (χ0) is 14.5. The highest BCUT2D eigenvalue weighted by atomic mass is 32.2. The van der Waals surface area contributed by atoms with E-state index in [-0.39, 0.29) is 11.0 Å². The van der Waals surface area contributed by atoms with E-state index in [4.69, 9.17) is 4.74 Å². The van der Waals surface area contributed by atoms with Gasteiger partial charge in [0.05, 0.1) is 12.4 Å². The predicted octanol–water partition coefficient (Wildman–Crippen LogP) is 1.87. The van der Waals surface area contributed by atoms with Gasteiger partial charge >= 0.3 is 0 Å². The van der Waals surface area contributed by atoms with Crippen LogP contribution in [0, 0.1) is 0 Å². The average molecular weight is 294 g/mol. The lowest BCUT2D eigenvalue weighted by molar-refractivity contribution is -0.117. The van der Waals surface area contributed by atoms with Crippen LogP contribution in [0.25, 0.3) is 0 Å². The van der Waals surface area contributed by atoms with Gasteiger partial charge in [0, 0.05) is 37.2 Å². The van der Waals surface area contributed by atoms with Crippen LogP contribution in [0.4, 0.5) is 0 Å². The highest BCUT2D eigenvalue weighted by Gasteiger charge is 2.30. The summed E-state index contributed by atoms with van der Waals surface area (Å²) in [5.74, 6) is 0.604. The summed E-state index contributed by atoms with van der Waals surface area (Å²) in [5, 5.41) is 1.79. The molecule has 0 aromatic carbocycles. The van der Waals surface area contributed by atoms with Gasteiger partial charge in [-0.25, -0.2) is 0 Å². The van der Waals surface area contributed by atoms with Crippen LogP contribution in [0.3, 0.4) is 0 Å². The molecule has 5 heteroatoms. The molecule has 0 fully saturated rings. The molecule has 0 bridgehead atoms. The normalized spacial score (nSPS) is 22.3. The topological polar surface area (TPSA) is 32.8 Å². The van der Waals surface area contributed by atoms with Crippen LogP contribution in [0.1, 0.15) is 6.42 Å². The van der Waals surface area contributed by atoms with Gasteiger partial charge in [0.1, 0.15) is 0 Å². The van der Waals surface area contributed by atoms with Crippen molar-refractivity contribution in [1.29, 1.82) is 0 Å². The molecule has 110 valence electrons. The fourth-order valence-corrected chi connectivity index (χ4v) is 3.25. The molecule has 2 aliphatic rings. The maximum absolute atomic E-state index is 12.1. The van der Waals surface area contributed by atoms with Gasteiger partial charge in [-0.3, -0.25) is 4.79 Å². The second-order valence-electron chi connectivity index (χ2n) is 5.21. The molecule has 0 spiro atoms. The van der Waals surface area contributed by atoms with Crippen molar-refractivity contribution in [2.45, 2.75) is 11.7 Å². The number of rotatable bonds is 6. The quantitative estimate of drug-likeness (QED) is 0.747. The average Bonchev–Trinajstić information content (AvgIpc) is 2.78. The molecule has 1 atom stereocenters. The molecule has 0 aromatic rings. The summed E-state index contributed by atoms with van der Waals surface area (Å²) in [6.07, 6.45) is 7.13. The Balaban J connectivity index is 1.95. The lowest BCUT2D eigenvalue weighted by Crippen LogP contribution is -2.34. The van der Waals surface area contributed by atoms with Gasteiger partial charge in [0.25, 0.3) is 0 Å². The van der Waals surface area contributed by atoms with E-state index < -0.39 is 0 Å². The number of ketones is 1. The van der Waals surface area contributed by atoms with Crippen LogP contribution in [0.5, 0.6) is 0 Å². The fourth-order valence-electron chi connectivity index (χ4n) is 2.24. The third-order valence-electron chi connectivity index (χ3n) is 3.46. The van der Waals surface area contributed by atoms with Crippen LogP contribution >= 0.6 is 11.8 Å². The van der Waals surface area contributed by atoms with E-state index in [1.54, 1.807) is 18.9 Å². The lowest BCUT2D eigenvalue weighted by atomic mass is 10.1. The van der Waals surface area contributed by atoms with Crippen molar-refractivity contribution in [3.05, 3.63) is 35.1 Å². The molecule has 1 unspecified atom stereocenters. The summed E-state index contributed by atoms with van der Waals surface area (Å²) in [7, 11) is 5.71. The molecule has 0 amide bonds. The lowest BCUT2D eigenvalue weighted by Gasteiger charge is -2.30. The summed E-state index contributed by atoms with van der Waals surface area (Å²) in [5.41, 5.74) is 1.24. The van der Waals surface area contributed by atoms with Crippen LogP contribution in [0.2, 0.25) is 0 Å². The predicted molar refractivity (Wildman–Crippen MR) is 83.4 cm³/mol. The minimum Gasteiger partial charge on any atom is -0.492 e. The van der Waals surface area contributed by atoms with Crippen molar-refractivity contribution in [1.82, 2.24) is 9.80 Å². The molecule has 20 heavy (non-hydrogen) atoms. The van der Waals surface area contributed by atoms with E-state index in [0.717, 1.165) is 26.1 Å². The number of thioether (sulfide) groups is 1. The Labute approximate surface area is 125 Å². The Hall–Kier alpha value is -1.20. The van der Waals surface area contributed by atoms with Crippen LogP contribution < -0.4 is 0 Å². The molecule has 2 rings (SSSR count). The van der Waals surface area contributed by atoms with Crippen molar-refractivity contribution in [3.8, 4) is 0 Å². The molecule has 4 nitrogen and oxygen atoms in total. The van der Waals surface area contributed by atoms with Gasteiger partial charge in [0.2, 0.25) is 5.78 Å². The van der Waals surface area contributed by atoms with Crippen molar-refractivity contribution >= 4 is 17.5 Å². The molecule has 2 aliphatic heterocycles. The Kier molecular flexibility index (Phi) is 5.31. The number of allylic oxidation sites excluding steroid dienone is 4. The molecule has 0 N–H and O–H groups in total. The van der Waals surface area contributed by atoms with Crippen molar-refractivity contribution in [2.24, 2.45) is 0 Å². The second kappa shape index (κ2) is 6.99. The maximum atomic E-state index is 12.1. The molecule has 2 heterocycles. The number of ether oxygens (including phenoxy) is 1. The first-order chi connectivity index (χ1) is 9.61. The first kappa shape index (κ1) is 15.2. The van der Waals surface area contributed by atoms with Crippen LogP contribution in [-0.2, 0) is 9.53 Å². The van der Waals surface area contributed by atoms with Gasteiger partial charge in [-0.05, 0) is 20.2 Å². The SMILES string of the molecule is COC1=CSC(CC2=CC=CCN2CCN(C)C)C1=O. The van der Waals surface area contributed by atoms with Crippen LogP contribution in [-0.4, -0.2) is 61.7 Å². The number of carbonyl (C=O) groups is 1. The van der Waals surface area contributed by atoms with Crippen molar-refractivity contribution < 1.29 is 9.53 Å². The largest absolute Gasteiger partial charge is 0.492 e. The fraction of sp³-hybridized carbons (Fsp3) is 0.533. The summed E-state index contributed by atoms with van der Waals surface area (Å²) in [6.45, 7) is 2.92. The highest BCUT2D eigenvalue weighted by molar-refractivity contribution is 8.04. The van der Waals surface area contributed by atoms with E-state index >= 15 is 0 Å². The molecule has 0 saturated carbocycles. The first-order valence-electron chi connectivity index (χ1n) is 6.81. The third kappa shape index (κ3) is 3.67. The molecule has 0 aliphatic carbocycles. The number of nitrogens with zero attached hydrogens (tertiary/aromatic N) is 2. The number of hydrogen-bond acceptors (Lipinski definition) is 5. The zero-order valence-corrected chi connectivity index (χ0v) is 13.2. The number of likely N-dealkylation sites (N-methyl/N-ethyl adjacent to an activating group) is 1. The van der Waals surface area contributed by atoms with E-state index in [1.807, 2.05) is 5.41 Å². The van der Waals surface area contributed by atoms with E-state index in [9.17, 15) is 4.79 Å². The highest BCUT2D eigenvalue weighted by Crippen LogP contribution is 2.32. The smallest absolute Gasteiger partial charge is 0.211 e. The van der Waals surface area contributed by atoms with Gasteiger partial charge in [0.15, 0.2) is 5.76 Å². The Bertz CT molecular complexity index is 455. The summed E-state index contributed by atoms with van der Waals surface area (Å²) in [4.78, 5) is 16.6. The van der Waals surface area contributed by atoms with Crippen molar-refractivity contribution in [3.63, 3.8) is 0 Å². The number of Topliss-reactive ketones (excluding diaryl/α,β-unsaturated/α-hetero) is 1. The Morgan fingerprint density at radius 2 is 2.30 bits per heavy atom. The Morgan fingerprint density at radius 1 is 1.50 bits per heavy atom. The number of carbonyl (C=O) groups excluding carboxylic acids is 1. The molecule has 0 radical (unpaired) electrons. The summed E-state index contributed by atoms with van der Waals surface area (Å²) in [6, 6.07) is 0. The minimum atomic E-state index is -0.0374. The minimum absolute atomic E-state index is 0.0374. The van der Waals surface area contributed by atoms with Crippen molar-refractivity contribution in [2.75, 3.05) is 40.8 Å². The summed E-state index contributed by atoms with van der Waals surface area (Å²) < 4.78 is 5.09. The molecular formula is C15H22N2O2S. The maximum Gasteiger partial charge on any atom is 0.211 e. The number of methoxy groups -OCH3 is 1. The van der Waals surface area contributed by atoms with E-state index in [2.05, 4.69) is 42.1 Å². The van der Waals surface area contributed by atoms with Crippen LogP contribution in [0.15, 0.2) is 35.1 Å². The third-order valence-corrected chi connectivity index (χ3v) is 4.52. The zero-order valence-electron chi connectivity index (χ0n) is 12.3. The van der Waals surface area contributed by atoms with E-state index in [0.29, 0.717) is 5.76 Å². The first-order valence-corrected chi connectivity index (χ1v) is 7.75. The molecule has 0 aromatic heterocycles. The monoisotopic (exact) mass is 294 g/mol. The summed E-state index contributed by atoms with van der Waals surface area (Å²) >= 11 is 1.56. The molecule has 0 saturated heterocycles. The van der Waals surface area contributed by atoms with Gasteiger partial charge in [-0.1, -0.05) is 12.2 Å². The number of hydrogen-bond donors (Lipinski definition) is 0. The van der Waals surface area contributed by atoms with Gasteiger partial charge in [-0.15, -0.1) is 11.8 Å². The van der Waals surface area contributed by atoms with Gasteiger partial charge in [-0.2, -0.15) is 0 Å². The standard InChI is InChI=1S/C15H22N2O2S/c1-16(2)8-9-17-7-5-4-6-12(17)10-14-15(18)13(19-3)11-20-14/h4-6,11,14H,7-10H2,1-3H3.